The lowest BCUT2D eigenvalue weighted by atomic mass is 10.1. The number of aryl methyl sites for hydroxylation is 1. The predicted octanol–water partition coefficient (Wildman–Crippen LogP) is 4.50. The Morgan fingerprint density at radius 1 is 1.23 bits per heavy atom. The first-order chi connectivity index (χ1) is 12.1. The average Bonchev–Trinajstić information content (AvgIpc) is 3.10. The third-order valence-electron chi connectivity index (χ3n) is 3.57. The number of halogens is 2. The molecule has 0 bridgehead atoms. The highest BCUT2D eigenvalue weighted by Gasteiger charge is 2.08. The van der Waals surface area contributed by atoms with Gasteiger partial charge in [0.1, 0.15) is 6.54 Å². The summed E-state index contributed by atoms with van der Waals surface area (Å²) in [6, 6.07) is 15.3. The van der Waals surface area contributed by atoms with Crippen LogP contribution in [0.4, 0.5) is 5.69 Å². The smallest absolute Gasteiger partial charge is 0.248 e. The van der Waals surface area contributed by atoms with Crippen LogP contribution < -0.4 is 11.1 Å². The van der Waals surface area contributed by atoms with E-state index in [2.05, 4.69) is 27.4 Å². The third kappa shape index (κ3) is 5.43. The number of nitrogens with zero attached hydrogens (tertiary/aromatic N) is 3. The van der Waals surface area contributed by atoms with Crippen LogP contribution in [0.5, 0.6) is 0 Å². The van der Waals surface area contributed by atoms with Crippen LogP contribution in [0.2, 0.25) is 5.02 Å². The van der Waals surface area contributed by atoms with Crippen molar-refractivity contribution in [3.63, 3.8) is 0 Å². The molecule has 0 radical (unpaired) electrons. The van der Waals surface area contributed by atoms with Crippen molar-refractivity contribution >= 4 is 47.2 Å². The Hall–Kier alpha value is -2.13. The van der Waals surface area contributed by atoms with Crippen molar-refractivity contribution in [1.29, 1.82) is 0 Å². The molecule has 0 saturated heterocycles. The number of nitrogens with one attached hydrogen (secondary N) is 1. The van der Waals surface area contributed by atoms with Gasteiger partial charge in [-0.1, -0.05) is 47.9 Å². The van der Waals surface area contributed by atoms with Gasteiger partial charge < -0.3 is 15.6 Å². The van der Waals surface area contributed by atoms with Crippen molar-refractivity contribution in [2.24, 2.45) is 10.7 Å². The fraction of sp³-hybridized carbons (Fsp3) is 0.167. The second kappa shape index (κ2) is 9.54. The van der Waals surface area contributed by atoms with E-state index in [1.165, 1.54) is 5.56 Å². The summed E-state index contributed by atoms with van der Waals surface area (Å²) < 4.78 is 5.20. The molecule has 1 heterocycles. The normalized spacial score (nSPS) is 11.1. The number of aliphatic imine (C=N–C) groups is 1. The molecule has 0 amide bonds. The Morgan fingerprint density at radius 2 is 2.00 bits per heavy atom. The van der Waals surface area contributed by atoms with Gasteiger partial charge in [-0.3, -0.25) is 0 Å². The SMILES string of the molecule is CCc1ccc(NC(N)=NCc2nc(-c3cccc(Cl)c3)no2)cc1.I. The first-order valence-electron chi connectivity index (χ1n) is 7.88. The van der Waals surface area contributed by atoms with E-state index in [1.54, 1.807) is 12.1 Å². The average molecular weight is 484 g/mol. The fourth-order valence-corrected chi connectivity index (χ4v) is 2.42. The highest BCUT2D eigenvalue weighted by Crippen LogP contribution is 2.20. The maximum Gasteiger partial charge on any atom is 0.248 e. The van der Waals surface area contributed by atoms with Gasteiger partial charge in [-0.2, -0.15) is 4.98 Å². The maximum absolute atomic E-state index is 5.97. The molecule has 0 unspecified atom stereocenters. The van der Waals surface area contributed by atoms with Crippen molar-refractivity contribution in [3.05, 3.63) is 65.0 Å². The fourth-order valence-electron chi connectivity index (χ4n) is 2.23. The van der Waals surface area contributed by atoms with Crippen molar-refractivity contribution in [3.8, 4) is 11.4 Å². The van der Waals surface area contributed by atoms with Gasteiger partial charge in [0.2, 0.25) is 11.7 Å². The van der Waals surface area contributed by atoms with Gasteiger partial charge in [-0.15, -0.1) is 24.0 Å². The van der Waals surface area contributed by atoms with Gasteiger partial charge in [0.25, 0.3) is 0 Å². The number of guanidine groups is 1. The van der Waals surface area contributed by atoms with Gasteiger partial charge in [0, 0.05) is 16.3 Å². The van der Waals surface area contributed by atoms with E-state index in [4.69, 9.17) is 21.9 Å². The molecule has 0 fully saturated rings. The molecule has 0 aliphatic heterocycles. The van der Waals surface area contributed by atoms with Gasteiger partial charge in [-0.25, -0.2) is 4.99 Å². The molecule has 136 valence electrons. The van der Waals surface area contributed by atoms with Gasteiger partial charge in [0.05, 0.1) is 0 Å². The lowest BCUT2D eigenvalue weighted by Crippen LogP contribution is -2.22. The molecule has 0 spiro atoms. The molecule has 3 aromatic rings. The van der Waals surface area contributed by atoms with Crippen LogP contribution in [0.3, 0.4) is 0 Å². The summed E-state index contributed by atoms with van der Waals surface area (Å²) in [7, 11) is 0. The van der Waals surface area contributed by atoms with Crippen LogP contribution >= 0.6 is 35.6 Å². The summed E-state index contributed by atoms with van der Waals surface area (Å²) >= 11 is 5.97. The standard InChI is InChI=1S/C18H18ClN5O.HI/c1-2-12-6-8-15(9-7-12)22-18(20)21-11-16-23-17(24-25-16)13-4-3-5-14(19)10-13;/h3-10H,2,11H2,1H3,(H3,20,21,22);1H. The Bertz CT molecular complexity index is 879. The molecule has 3 N–H and O–H groups in total. The summed E-state index contributed by atoms with van der Waals surface area (Å²) in [6.07, 6.45) is 0.996. The topological polar surface area (TPSA) is 89.3 Å². The zero-order valence-corrected chi connectivity index (χ0v) is 17.2. The van der Waals surface area contributed by atoms with E-state index in [-0.39, 0.29) is 36.5 Å². The maximum atomic E-state index is 5.97. The number of hydrogen-bond donors (Lipinski definition) is 2. The molecule has 8 heteroatoms. The van der Waals surface area contributed by atoms with E-state index < -0.39 is 0 Å². The molecule has 2 aromatic carbocycles. The molecular formula is C18H19ClIN5O. The van der Waals surface area contributed by atoms with Crippen LogP contribution in [0.15, 0.2) is 58.0 Å². The van der Waals surface area contributed by atoms with E-state index >= 15 is 0 Å². The van der Waals surface area contributed by atoms with Crippen molar-refractivity contribution < 1.29 is 4.52 Å². The van der Waals surface area contributed by atoms with Crippen molar-refractivity contribution in [2.75, 3.05) is 5.32 Å². The first-order valence-corrected chi connectivity index (χ1v) is 8.26. The molecule has 6 nitrogen and oxygen atoms in total. The van der Waals surface area contributed by atoms with E-state index in [9.17, 15) is 0 Å². The molecule has 1 aromatic heterocycles. The van der Waals surface area contributed by atoms with Crippen LogP contribution in [0.25, 0.3) is 11.4 Å². The Kier molecular flexibility index (Phi) is 7.40. The minimum atomic E-state index is 0. The van der Waals surface area contributed by atoms with Crippen LogP contribution in [-0.2, 0) is 13.0 Å². The van der Waals surface area contributed by atoms with Gasteiger partial charge in [0.15, 0.2) is 5.96 Å². The molecule has 0 atom stereocenters. The summed E-state index contributed by atoms with van der Waals surface area (Å²) in [6.45, 7) is 2.31. The molecule has 3 rings (SSSR count). The lowest BCUT2D eigenvalue weighted by Gasteiger charge is -2.05. The van der Waals surface area contributed by atoms with E-state index in [0.717, 1.165) is 17.7 Å². The zero-order chi connectivity index (χ0) is 17.6. The summed E-state index contributed by atoms with van der Waals surface area (Å²) in [5.41, 5.74) is 8.82. The zero-order valence-electron chi connectivity index (χ0n) is 14.1. The third-order valence-corrected chi connectivity index (χ3v) is 3.81. The molecule has 26 heavy (non-hydrogen) atoms. The molecular weight excluding hydrogens is 465 g/mol. The minimum absolute atomic E-state index is 0. The van der Waals surface area contributed by atoms with Crippen LogP contribution in [0, 0.1) is 0 Å². The monoisotopic (exact) mass is 483 g/mol. The number of aromatic nitrogens is 2. The number of hydrogen-bond acceptors (Lipinski definition) is 4. The van der Waals surface area contributed by atoms with Crippen LogP contribution in [0.1, 0.15) is 18.4 Å². The second-order valence-corrected chi connectivity index (χ2v) is 5.84. The molecule has 0 aliphatic carbocycles. The van der Waals surface area contributed by atoms with E-state index in [0.29, 0.717) is 16.7 Å². The Balaban J connectivity index is 0.00000243. The molecule has 0 aliphatic rings. The summed E-state index contributed by atoms with van der Waals surface area (Å²) in [5, 5.41) is 7.58. The largest absolute Gasteiger partial charge is 0.370 e. The highest BCUT2D eigenvalue weighted by molar-refractivity contribution is 14.0. The predicted molar refractivity (Wildman–Crippen MR) is 115 cm³/mol. The van der Waals surface area contributed by atoms with Gasteiger partial charge >= 0.3 is 0 Å². The summed E-state index contributed by atoms with van der Waals surface area (Å²) in [5.74, 6) is 1.13. The van der Waals surface area contributed by atoms with Gasteiger partial charge in [-0.05, 0) is 36.2 Å². The first kappa shape index (κ1) is 20.2. The number of nitrogens with two attached hydrogens (primary N) is 1. The Labute approximate surface area is 173 Å². The Morgan fingerprint density at radius 3 is 2.69 bits per heavy atom. The number of benzene rings is 2. The second-order valence-electron chi connectivity index (χ2n) is 5.40. The minimum Gasteiger partial charge on any atom is -0.370 e. The van der Waals surface area contributed by atoms with Crippen molar-refractivity contribution in [2.45, 2.75) is 19.9 Å². The number of anilines is 1. The number of rotatable bonds is 5. The van der Waals surface area contributed by atoms with Crippen molar-refractivity contribution in [1.82, 2.24) is 10.1 Å². The quantitative estimate of drug-likeness (QED) is 0.317. The summed E-state index contributed by atoms with van der Waals surface area (Å²) in [4.78, 5) is 8.51. The molecule has 0 saturated carbocycles. The lowest BCUT2D eigenvalue weighted by molar-refractivity contribution is 0.381. The van der Waals surface area contributed by atoms with E-state index in [1.807, 2.05) is 36.4 Å². The van der Waals surface area contributed by atoms with Crippen LogP contribution in [-0.4, -0.2) is 16.1 Å². The highest BCUT2D eigenvalue weighted by atomic mass is 127.